The lowest BCUT2D eigenvalue weighted by Gasteiger charge is -2.15. The zero-order valence-electron chi connectivity index (χ0n) is 9.63. The normalized spacial score (nSPS) is 12.7. The van der Waals surface area contributed by atoms with Crippen molar-refractivity contribution in [3.8, 4) is 10.4 Å². The van der Waals surface area contributed by atoms with E-state index in [1.54, 1.807) is 6.07 Å². The third-order valence-corrected chi connectivity index (χ3v) is 4.15. The number of halogens is 2. The summed E-state index contributed by atoms with van der Waals surface area (Å²) in [6.45, 7) is 2.04. The van der Waals surface area contributed by atoms with Crippen molar-refractivity contribution in [2.75, 3.05) is 7.05 Å². The molecule has 4 heteroatoms. The first-order chi connectivity index (χ1) is 8.13. The minimum atomic E-state index is -0.239. The van der Waals surface area contributed by atoms with E-state index >= 15 is 0 Å². The largest absolute Gasteiger partial charge is 0.313 e. The van der Waals surface area contributed by atoms with E-state index in [0.29, 0.717) is 5.02 Å². The van der Waals surface area contributed by atoms with Crippen LogP contribution in [0.15, 0.2) is 29.6 Å². The molecule has 17 heavy (non-hydrogen) atoms. The minimum Gasteiger partial charge on any atom is -0.313 e. The number of hydrogen-bond donors (Lipinski definition) is 1. The van der Waals surface area contributed by atoms with Gasteiger partial charge < -0.3 is 5.32 Å². The molecule has 0 aliphatic carbocycles. The Morgan fingerprint density at radius 1 is 1.35 bits per heavy atom. The van der Waals surface area contributed by atoms with Crippen LogP contribution in [0.2, 0.25) is 5.02 Å². The molecule has 0 bridgehead atoms. The molecule has 0 amide bonds. The average molecular weight is 270 g/mol. The van der Waals surface area contributed by atoms with Crippen molar-refractivity contribution in [1.82, 2.24) is 5.32 Å². The molecule has 1 unspecified atom stereocenters. The molecule has 1 nitrogen and oxygen atoms in total. The summed E-state index contributed by atoms with van der Waals surface area (Å²) in [5, 5.41) is 5.75. The molecular weight excluding hydrogens is 257 g/mol. The van der Waals surface area contributed by atoms with Gasteiger partial charge >= 0.3 is 0 Å². The number of rotatable bonds is 3. The van der Waals surface area contributed by atoms with Crippen LogP contribution in [0.1, 0.15) is 18.5 Å². The maximum atomic E-state index is 13.4. The van der Waals surface area contributed by atoms with Gasteiger partial charge in [0, 0.05) is 11.6 Å². The van der Waals surface area contributed by atoms with Gasteiger partial charge in [-0.2, -0.15) is 0 Å². The molecule has 1 atom stereocenters. The fraction of sp³-hybridized carbons (Fsp3) is 0.231. The van der Waals surface area contributed by atoms with Crippen LogP contribution in [0.4, 0.5) is 4.39 Å². The average Bonchev–Trinajstić information content (AvgIpc) is 2.74. The molecule has 1 aromatic carbocycles. The van der Waals surface area contributed by atoms with Crippen LogP contribution in [0.5, 0.6) is 0 Å². The molecule has 0 saturated carbocycles. The van der Waals surface area contributed by atoms with E-state index in [0.717, 1.165) is 16.0 Å². The fourth-order valence-corrected chi connectivity index (χ4v) is 2.94. The van der Waals surface area contributed by atoms with Gasteiger partial charge in [-0.15, -0.1) is 11.3 Å². The first-order valence-corrected chi connectivity index (χ1v) is 6.59. The molecule has 0 fully saturated rings. The maximum Gasteiger partial charge on any atom is 0.123 e. The lowest BCUT2D eigenvalue weighted by atomic mass is 10.00. The lowest BCUT2D eigenvalue weighted by molar-refractivity contribution is 0.620. The molecule has 0 spiro atoms. The quantitative estimate of drug-likeness (QED) is 0.866. The van der Waals surface area contributed by atoms with Gasteiger partial charge in [0.15, 0.2) is 0 Å². The molecule has 2 aromatic rings. The standard InChI is InChI=1S/C13H13ClFNS/c1-8(16-2)10-4-3-9(15)7-11(10)13-12(14)5-6-17-13/h3-8,16H,1-2H3. The summed E-state index contributed by atoms with van der Waals surface area (Å²) in [5.41, 5.74) is 1.92. The fourth-order valence-electron chi connectivity index (χ4n) is 1.74. The minimum absolute atomic E-state index is 0.156. The zero-order valence-corrected chi connectivity index (χ0v) is 11.2. The van der Waals surface area contributed by atoms with Crippen LogP contribution in [-0.4, -0.2) is 7.05 Å². The van der Waals surface area contributed by atoms with Crippen molar-refractivity contribution in [1.29, 1.82) is 0 Å². The third-order valence-electron chi connectivity index (χ3n) is 2.78. The van der Waals surface area contributed by atoms with Gasteiger partial charge in [-0.05, 0) is 43.1 Å². The number of benzene rings is 1. The molecule has 1 N–H and O–H groups in total. The Bertz CT molecular complexity index is 524. The van der Waals surface area contributed by atoms with E-state index < -0.39 is 0 Å². The summed E-state index contributed by atoms with van der Waals surface area (Å²) >= 11 is 7.64. The molecule has 2 rings (SSSR count). The highest BCUT2D eigenvalue weighted by Gasteiger charge is 2.14. The second-order valence-electron chi connectivity index (χ2n) is 3.84. The van der Waals surface area contributed by atoms with E-state index in [9.17, 15) is 4.39 Å². The van der Waals surface area contributed by atoms with E-state index in [1.165, 1.54) is 17.4 Å². The summed E-state index contributed by atoms with van der Waals surface area (Å²) in [6.07, 6.45) is 0. The SMILES string of the molecule is CNC(C)c1ccc(F)cc1-c1sccc1Cl. The summed E-state index contributed by atoms with van der Waals surface area (Å²) in [6, 6.07) is 6.82. The zero-order chi connectivity index (χ0) is 12.4. The summed E-state index contributed by atoms with van der Waals surface area (Å²) in [4.78, 5) is 0.920. The second-order valence-corrected chi connectivity index (χ2v) is 5.16. The molecule has 90 valence electrons. The van der Waals surface area contributed by atoms with Crippen LogP contribution < -0.4 is 5.32 Å². The highest BCUT2D eigenvalue weighted by atomic mass is 35.5. The Balaban J connectivity index is 2.59. The highest BCUT2D eigenvalue weighted by Crippen LogP contribution is 2.37. The lowest BCUT2D eigenvalue weighted by Crippen LogP contribution is -2.13. The number of thiophene rings is 1. The number of hydrogen-bond acceptors (Lipinski definition) is 2. The second kappa shape index (κ2) is 5.17. The first-order valence-electron chi connectivity index (χ1n) is 5.33. The van der Waals surface area contributed by atoms with Crippen molar-refractivity contribution in [3.63, 3.8) is 0 Å². The monoisotopic (exact) mass is 269 g/mol. The Kier molecular flexibility index (Phi) is 3.82. The van der Waals surface area contributed by atoms with E-state index in [4.69, 9.17) is 11.6 Å². The Morgan fingerprint density at radius 3 is 2.71 bits per heavy atom. The molecule has 1 aromatic heterocycles. The molecule has 0 saturated heterocycles. The van der Waals surface area contributed by atoms with Gasteiger partial charge in [-0.1, -0.05) is 17.7 Å². The summed E-state index contributed by atoms with van der Waals surface area (Å²) in [7, 11) is 1.88. The Hall–Kier alpha value is -0.900. The van der Waals surface area contributed by atoms with Gasteiger partial charge in [0.2, 0.25) is 0 Å². The van der Waals surface area contributed by atoms with Crippen LogP contribution in [0.25, 0.3) is 10.4 Å². The van der Waals surface area contributed by atoms with Gasteiger partial charge in [0.1, 0.15) is 5.82 Å². The van der Waals surface area contributed by atoms with Crippen LogP contribution in [0, 0.1) is 5.82 Å². The predicted molar refractivity (Wildman–Crippen MR) is 72.2 cm³/mol. The van der Waals surface area contributed by atoms with E-state index in [-0.39, 0.29) is 11.9 Å². The first kappa shape index (κ1) is 12.6. The van der Waals surface area contributed by atoms with Gasteiger partial charge in [-0.25, -0.2) is 4.39 Å². The molecule has 1 heterocycles. The molecule has 0 radical (unpaired) electrons. The number of nitrogens with one attached hydrogen (secondary N) is 1. The van der Waals surface area contributed by atoms with Crippen molar-refractivity contribution in [2.24, 2.45) is 0 Å². The van der Waals surface area contributed by atoms with E-state index in [1.807, 2.05) is 31.5 Å². The Labute approximate surface area is 109 Å². The highest BCUT2D eigenvalue weighted by molar-refractivity contribution is 7.14. The smallest absolute Gasteiger partial charge is 0.123 e. The predicted octanol–water partition coefficient (Wildman–Crippen LogP) is 4.49. The van der Waals surface area contributed by atoms with Crippen molar-refractivity contribution < 1.29 is 4.39 Å². The molecular formula is C13H13ClFNS. The van der Waals surface area contributed by atoms with Crippen molar-refractivity contribution in [3.05, 3.63) is 46.0 Å². The van der Waals surface area contributed by atoms with Gasteiger partial charge in [0.05, 0.1) is 9.90 Å². The molecule has 0 aliphatic heterocycles. The van der Waals surface area contributed by atoms with E-state index in [2.05, 4.69) is 5.32 Å². The van der Waals surface area contributed by atoms with Crippen LogP contribution in [0.3, 0.4) is 0 Å². The molecule has 0 aliphatic rings. The Morgan fingerprint density at radius 2 is 2.12 bits per heavy atom. The third kappa shape index (κ3) is 2.51. The summed E-state index contributed by atoms with van der Waals surface area (Å²) < 4.78 is 13.4. The van der Waals surface area contributed by atoms with Gasteiger partial charge in [-0.3, -0.25) is 0 Å². The summed E-state index contributed by atoms with van der Waals surface area (Å²) in [5.74, 6) is -0.239. The van der Waals surface area contributed by atoms with Gasteiger partial charge in [0.25, 0.3) is 0 Å². The maximum absolute atomic E-state index is 13.4. The van der Waals surface area contributed by atoms with Crippen molar-refractivity contribution in [2.45, 2.75) is 13.0 Å². The van der Waals surface area contributed by atoms with Crippen LogP contribution >= 0.6 is 22.9 Å². The topological polar surface area (TPSA) is 12.0 Å². The van der Waals surface area contributed by atoms with Crippen molar-refractivity contribution >= 4 is 22.9 Å². The van der Waals surface area contributed by atoms with Crippen LogP contribution in [-0.2, 0) is 0 Å².